The van der Waals surface area contributed by atoms with E-state index in [1.807, 2.05) is 0 Å². The molecule has 0 radical (unpaired) electrons. The Balaban J connectivity index is 0.878. The number of anilines is 6. The van der Waals surface area contributed by atoms with E-state index < -0.39 is 5.97 Å². The van der Waals surface area contributed by atoms with Gasteiger partial charge in [0.15, 0.2) is 0 Å². The second-order valence-electron chi connectivity index (χ2n) is 23.0. The van der Waals surface area contributed by atoms with E-state index in [1.54, 1.807) is 23.5 Å². The summed E-state index contributed by atoms with van der Waals surface area (Å²) < 4.78 is 30.6. The van der Waals surface area contributed by atoms with Gasteiger partial charge < -0.3 is 33.5 Å². The highest BCUT2D eigenvalue weighted by Gasteiger charge is 2.32. The van der Waals surface area contributed by atoms with E-state index in [-0.39, 0.29) is 5.70 Å². The van der Waals surface area contributed by atoms with Crippen LogP contribution in [0.5, 0.6) is 23.0 Å². The summed E-state index contributed by atoms with van der Waals surface area (Å²) in [6.07, 6.45) is 18.5. The van der Waals surface area contributed by atoms with Gasteiger partial charge in [-0.1, -0.05) is 177 Å². The molecule has 452 valence electrons. The molecule has 9 nitrogen and oxygen atoms in total. The summed E-state index contributed by atoms with van der Waals surface area (Å²) in [6.45, 7) is 20.1. The van der Waals surface area contributed by atoms with Gasteiger partial charge in [0.2, 0.25) is 0 Å². The van der Waals surface area contributed by atoms with Gasteiger partial charge in [-0.05, 0) is 179 Å². The third kappa shape index (κ3) is 13.9. The summed E-state index contributed by atoms with van der Waals surface area (Å²) in [4.78, 5) is 26.7. The Kier molecular flexibility index (Phi) is 20.8. The molecule has 0 spiro atoms. The second kappa shape index (κ2) is 29.8. The molecule has 0 bridgehead atoms. The zero-order valence-corrected chi connectivity index (χ0v) is 53.4. The predicted molar refractivity (Wildman–Crippen MR) is 364 cm³/mol. The lowest BCUT2D eigenvalue weighted by molar-refractivity contribution is -0.135. The van der Waals surface area contributed by atoms with Crippen LogP contribution in [0.1, 0.15) is 142 Å². The van der Waals surface area contributed by atoms with Crippen LogP contribution in [0.15, 0.2) is 183 Å². The number of carbonyl (C=O) groups is 1. The Bertz CT molecular complexity index is 3460. The second-order valence-corrected chi connectivity index (χ2v) is 25.1. The highest BCUT2D eigenvalue weighted by molar-refractivity contribution is 8.00. The van der Waals surface area contributed by atoms with Crippen LogP contribution in [0, 0.1) is 6.57 Å². The Labute approximate surface area is 530 Å². The lowest BCUT2D eigenvalue weighted by Gasteiger charge is -2.33. The number of esters is 1. The van der Waals surface area contributed by atoms with Crippen LogP contribution in [-0.2, 0) is 9.53 Å². The maximum absolute atomic E-state index is 13.7. The van der Waals surface area contributed by atoms with Crippen LogP contribution < -0.4 is 28.7 Å². The number of unbranched alkanes of at least 4 members (excludes halogenated alkanes) is 12. The SMILES string of the molecule is [C-]#[N+]C(C(=O)OC)=C1c2cc(-c3ccc(N4c5ccc(OCCCCCC)cc5Sc5cc(OCCCCCC)ccc54)cc3)ccc2-c2ccc(-c3ccc(N4c5ccc(OCCCCCC)cc5Sc5cc(OCCCCCC)ccc54)cc3)cc21. The van der Waals surface area contributed by atoms with E-state index >= 15 is 0 Å². The van der Waals surface area contributed by atoms with Gasteiger partial charge in [-0.2, -0.15) is 0 Å². The molecular weight excluding hydrogens is 1130 g/mol. The minimum atomic E-state index is -0.665. The van der Waals surface area contributed by atoms with Crippen LogP contribution in [0.3, 0.4) is 0 Å². The van der Waals surface area contributed by atoms with Gasteiger partial charge in [0.25, 0.3) is 5.70 Å². The smallest absolute Gasteiger partial charge is 0.336 e. The Morgan fingerprint density at radius 3 is 1.00 bits per heavy atom. The molecule has 3 aliphatic rings. The maximum atomic E-state index is 13.7. The Morgan fingerprint density at radius 1 is 0.386 bits per heavy atom. The summed E-state index contributed by atoms with van der Waals surface area (Å²) in [7, 11) is 1.34. The van der Waals surface area contributed by atoms with E-state index in [9.17, 15) is 4.79 Å². The minimum absolute atomic E-state index is 0.0479. The molecule has 0 atom stereocenters. The van der Waals surface area contributed by atoms with Gasteiger partial charge in [-0.25, -0.2) is 4.85 Å². The van der Waals surface area contributed by atoms with Gasteiger partial charge in [0.1, 0.15) is 23.0 Å². The zero-order chi connectivity index (χ0) is 60.8. The maximum Gasteiger partial charge on any atom is 0.336 e. The molecule has 0 N–H and O–H groups in total. The van der Waals surface area contributed by atoms with Crippen molar-refractivity contribution in [3.05, 3.63) is 186 Å². The third-order valence-electron chi connectivity index (χ3n) is 16.7. The number of hydrogen-bond acceptors (Lipinski definition) is 10. The van der Waals surface area contributed by atoms with Gasteiger partial charge in [-0.3, -0.25) is 4.79 Å². The molecule has 2 heterocycles. The number of rotatable bonds is 29. The van der Waals surface area contributed by atoms with Gasteiger partial charge in [0.05, 0.1) is 62.9 Å². The number of hydrogen-bond donors (Lipinski definition) is 0. The van der Waals surface area contributed by atoms with Gasteiger partial charge >= 0.3 is 5.97 Å². The average molecular weight is 1210 g/mol. The molecule has 0 saturated carbocycles. The topological polar surface area (TPSA) is 74.1 Å². The fraction of sp³-hybridized carbons (Fsp3) is 0.325. The molecule has 88 heavy (non-hydrogen) atoms. The largest absolute Gasteiger partial charge is 0.494 e. The van der Waals surface area contributed by atoms with Crippen molar-refractivity contribution in [3.63, 3.8) is 0 Å². The van der Waals surface area contributed by atoms with E-state index in [4.69, 9.17) is 30.3 Å². The molecular formula is C77H81N3O6S2. The molecule has 8 aromatic rings. The first-order valence-corrected chi connectivity index (χ1v) is 33.7. The van der Waals surface area contributed by atoms with Crippen molar-refractivity contribution in [2.75, 3.05) is 43.3 Å². The van der Waals surface area contributed by atoms with E-state index in [1.165, 1.54) is 84.2 Å². The van der Waals surface area contributed by atoms with Crippen molar-refractivity contribution >= 4 is 69.2 Å². The predicted octanol–water partition coefficient (Wildman–Crippen LogP) is 22.6. The number of ether oxygens (including phenoxy) is 5. The lowest BCUT2D eigenvalue weighted by Crippen LogP contribution is -2.15. The van der Waals surface area contributed by atoms with Gasteiger partial charge in [0, 0.05) is 36.5 Å². The molecule has 11 heteroatoms. The molecule has 0 amide bonds. The number of fused-ring (bicyclic) bond motifs is 7. The van der Waals surface area contributed by atoms with Crippen molar-refractivity contribution in [1.82, 2.24) is 0 Å². The molecule has 0 fully saturated rings. The fourth-order valence-corrected chi connectivity index (χ4v) is 14.2. The molecule has 11 rings (SSSR count). The summed E-state index contributed by atoms with van der Waals surface area (Å²) in [5, 5.41) is 0. The third-order valence-corrected chi connectivity index (χ3v) is 18.9. The number of benzene rings is 8. The first-order chi connectivity index (χ1) is 43.3. The van der Waals surface area contributed by atoms with Crippen LogP contribution >= 0.6 is 23.5 Å². The molecule has 0 saturated heterocycles. The van der Waals surface area contributed by atoms with Crippen LogP contribution in [-0.4, -0.2) is 39.5 Å². The van der Waals surface area contributed by atoms with Crippen LogP contribution in [0.2, 0.25) is 0 Å². The van der Waals surface area contributed by atoms with Gasteiger partial charge in [-0.15, -0.1) is 0 Å². The van der Waals surface area contributed by atoms with Crippen molar-refractivity contribution in [3.8, 4) is 56.4 Å². The van der Waals surface area contributed by atoms with Crippen molar-refractivity contribution in [1.29, 1.82) is 0 Å². The monoisotopic (exact) mass is 1210 g/mol. The zero-order valence-electron chi connectivity index (χ0n) is 51.8. The standard InChI is InChI=1S/C77H81N3O6S2/c1-7-11-15-19-43-83-59-33-39-67-71(49-59)87-72-50-60(84-44-20-16-12-8-2)34-40-68(72)79(67)57-29-23-53(24-30-57)55-27-37-63-64-38-28-56(48-66(64)75(65(63)47-55)76(78-5)77(81)82-6)54-25-31-58(32-26-54)80-69-41-35-61(85-45-21-17-13-9-3)51-73(69)88-74-52-62(36-42-70(74)80)86-46-22-18-14-10-4/h23-42,47-52H,7-22,43-46H2,1-4,6H3. The summed E-state index contributed by atoms with van der Waals surface area (Å²) in [5.74, 6) is 2.85. The Morgan fingerprint density at radius 2 is 0.705 bits per heavy atom. The summed E-state index contributed by atoms with van der Waals surface area (Å²) in [6, 6.07) is 55.9. The van der Waals surface area contributed by atoms with E-state index in [2.05, 4.69) is 200 Å². The first-order valence-electron chi connectivity index (χ1n) is 32.0. The lowest BCUT2D eigenvalue weighted by atomic mass is 9.95. The summed E-state index contributed by atoms with van der Waals surface area (Å²) >= 11 is 3.51. The normalized spacial score (nSPS) is 12.5. The average Bonchev–Trinajstić information content (AvgIpc) is 1.47. The van der Waals surface area contributed by atoms with Crippen LogP contribution in [0.25, 0.3) is 43.8 Å². The molecule has 2 aliphatic heterocycles. The van der Waals surface area contributed by atoms with E-state index in [0.29, 0.717) is 32.0 Å². The Hall–Kier alpha value is -8.04. The quantitative estimate of drug-likeness (QED) is 0.0196. The fourth-order valence-electron chi connectivity index (χ4n) is 12.0. The highest BCUT2D eigenvalue weighted by Crippen LogP contribution is 2.56. The van der Waals surface area contributed by atoms with E-state index in [0.717, 1.165) is 147 Å². The highest BCUT2D eigenvalue weighted by atomic mass is 32.2. The van der Waals surface area contributed by atoms with Crippen molar-refractivity contribution < 1.29 is 28.5 Å². The van der Waals surface area contributed by atoms with Crippen molar-refractivity contribution in [2.24, 2.45) is 0 Å². The summed E-state index contributed by atoms with van der Waals surface area (Å²) in [5.41, 5.74) is 14.4. The molecule has 1 aliphatic carbocycles. The number of carbonyl (C=O) groups excluding carboxylic acids is 1. The van der Waals surface area contributed by atoms with Crippen LogP contribution in [0.4, 0.5) is 34.1 Å². The number of methoxy groups -OCH3 is 1. The van der Waals surface area contributed by atoms with Crippen molar-refractivity contribution in [2.45, 2.75) is 150 Å². The first kappa shape index (κ1) is 61.6. The molecule has 8 aromatic carbocycles. The minimum Gasteiger partial charge on any atom is -0.494 e. The molecule has 0 unspecified atom stereocenters. The number of nitrogens with zero attached hydrogens (tertiary/aromatic N) is 3. The molecule has 0 aromatic heterocycles.